The van der Waals surface area contributed by atoms with Crippen LogP contribution in [0, 0.1) is 10.7 Å². The zero-order valence-electron chi connectivity index (χ0n) is 19.8. The number of carbonyl (C=O) groups excluding carboxylic acids is 1. The van der Waals surface area contributed by atoms with Gasteiger partial charge in [0.05, 0.1) is 11.8 Å². The monoisotopic (exact) mass is 506 g/mol. The summed E-state index contributed by atoms with van der Waals surface area (Å²) < 4.78 is 13.7. The Bertz CT molecular complexity index is 1170. The van der Waals surface area contributed by atoms with Crippen molar-refractivity contribution in [3.05, 3.63) is 53.3 Å². The van der Waals surface area contributed by atoms with Gasteiger partial charge in [-0.25, -0.2) is 4.68 Å². The number of anilines is 2. The molecule has 4 rings (SSSR count). The van der Waals surface area contributed by atoms with E-state index in [4.69, 9.17) is 21.7 Å². The van der Waals surface area contributed by atoms with Crippen LogP contribution in [0.1, 0.15) is 19.8 Å². The number of aromatic nitrogens is 4. The van der Waals surface area contributed by atoms with Crippen LogP contribution in [0.3, 0.4) is 0 Å². The Morgan fingerprint density at radius 2 is 2.03 bits per heavy atom. The minimum atomic E-state index is -1.03. The Hall–Kier alpha value is -2.44. The van der Waals surface area contributed by atoms with Gasteiger partial charge in [0, 0.05) is 43.1 Å². The van der Waals surface area contributed by atoms with Crippen LogP contribution in [0.2, 0.25) is 0 Å². The van der Waals surface area contributed by atoms with Crippen molar-refractivity contribution in [1.29, 1.82) is 0 Å². The Morgan fingerprint density at radius 1 is 1.23 bits per heavy atom. The first kappa shape index (κ1) is 27.2. The molecule has 35 heavy (non-hydrogen) atoms. The topological polar surface area (TPSA) is 120 Å². The van der Waals surface area contributed by atoms with Gasteiger partial charge in [-0.15, -0.1) is 0 Å². The molecule has 0 spiro atoms. The second-order valence-corrected chi connectivity index (χ2v) is 8.46. The number of piperidine rings is 1. The number of carboxylic acids is 1. The predicted molar refractivity (Wildman–Crippen MR) is 127 cm³/mol. The number of carboxylic acid groups (broad SMARTS) is 1. The molecule has 0 amide bonds. The van der Waals surface area contributed by atoms with E-state index < -0.39 is 5.97 Å². The minimum Gasteiger partial charge on any atom is -0.550 e. The van der Waals surface area contributed by atoms with E-state index in [0.717, 1.165) is 23.5 Å². The molecule has 0 saturated carbocycles. The SMILES string of the molecule is CCOC1CC(CC(=O)[O-])CN(c2cccc(OCNc3cccc(-n4[nH]nnc4=S)c3)c2)C1.[Na+]. The molecule has 2 unspecified atom stereocenters. The molecule has 12 heteroatoms. The fourth-order valence-corrected chi connectivity index (χ4v) is 4.38. The summed E-state index contributed by atoms with van der Waals surface area (Å²) in [5.74, 6) is -0.344. The molecule has 1 fully saturated rings. The molecule has 0 radical (unpaired) electrons. The summed E-state index contributed by atoms with van der Waals surface area (Å²) in [4.78, 5) is 13.3. The van der Waals surface area contributed by atoms with Gasteiger partial charge in [0.15, 0.2) is 6.73 Å². The zero-order chi connectivity index (χ0) is 23.9. The number of H-pyrrole nitrogens is 1. The van der Waals surface area contributed by atoms with Crippen molar-refractivity contribution in [1.82, 2.24) is 20.2 Å². The number of carbonyl (C=O) groups is 1. The van der Waals surface area contributed by atoms with Gasteiger partial charge in [0.1, 0.15) is 5.75 Å². The Labute approximate surface area is 230 Å². The number of benzene rings is 2. The maximum atomic E-state index is 11.2. The molecule has 1 saturated heterocycles. The van der Waals surface area contributed by atoms with E-state index in [0.29, 0.717) is 30.2 Å². The summed E-state index contributed by atoms with van der Waals surface area (Å²) in [5, 5.41) is 24.6. The van der Waals surface area contributed by atoms with Crippen molar-refractivity contribution in [2.45, 2.75) is 25.9 Å². The van der Waals surface area contributed by atoms with E-state index in [1.54, 1.807) is 4.68 Å². The summed E-state index contributed by atoms with van der Waals surface area (Å²) in [5.41, 5.74) is 2.63. The number of hydrogen-bond donors (Lipinski definition) is 2. The van der Waals surface area contributed by atoms with Crippen molar-refractivity contribution < 1.29 is 48.9 Å². The smallest absolute Gasteiger partial charge is 0.550 e. The van der Waals surface area contributed by atoms with E-state index in [9.17, 15) is 9.90 Å². The molecular weight excluding hydrogens is 479 g/mol. The van der Waals surface area contributed by atoms with E-state index >= 15 is 0 Å². The van der Waals surface area contributed by atoms with Gasteiger partial charge < -0.3 is 29.6 Å². The van der Waals surface area contributed by atoms with Gasteiger partial charge in [-0.1, -0.05) is 22.4 Å². The van der Waals surface area contributed by atoms with Crippen molar-refractivity contribution in [2.24, 2.45) is 5.92 Å². The maximum absolute atomic E-state index is 11.2. The van der Waals surface area contributed by atoms with E-state index in [1.165, 1.54) is 0 Å². The van der Waals surface area contributed by atoms with Gasteiger partial charge in [0.25, 0.3) is 0 Å². The van der Waals surface area contributed by atoms with Crippen LogP contribution in [0.25, 0.3) is 5.69 Å². The van der Waals surface area contributed by atoms with Crippen LogP contribution in [0.5, 0.6) is 5.75 Å². The largest absolute Gasteiger partial charge is 1.00 e. The number of rotatable bonds is 10. The first-order valence-electron chi connectivity index (χ1n) is 11.2. The van der Waals surface area contributed by atoms with Crippen LogP contribution in [-0.4, -0.2) is 58.7 Å². The second kappa shape index (κ2) is 13.0. The van der Waals surface area contributed by atoms with Crippen LogP contribution in [-0.2, 0) is 9.53 Å². The molecule has 2 N–H and O–H groups in total. The quantitative estimate of drug-likeness (QED) is 0.206. The van der Waals surface area contributed by atoms with Gasteiger partial charge in [-0.2, -0.15) is 5.21 Å². The van der Waals surface area contributed by atoms with Gasteiger partial charge >= 0.3 is 29.6 Å². The molecule has 0 bridgehead atoms. The Kier molecular flexibility index (Phi) is 10.1. The van der Waals surface area contributed by atoms with Crippen LogP contribution < -0.4 is 49.6 Å². The number of tetrazole rings is 1. The average molecular weight is 507 g/mol. The summed E-state index contributed by atoms with van der Waals surface area (Å²) >= 11 is 5.15. The van der Waals surface area contributed by atoms with E-state index in [1.807, 2.05) is 55.5 Å². The number of nitrogens with zero attached hydrogens (tertiary/aromatic N) is 4. The second-order valence-electron chi connectivity index (χ2n) is 8.09. The molecule has 1 aliphatic rings. The molecule has 10 nitrogen and oxygen atoms in total. The van der Waals surface area contributed by atoms with Crippen molar-refractivity contribution >= 4 is 29.6 Å². The van der Waals surface area contributed by atoms with Crippen LogP contribution >= 0.6 is 12.2 Å². The third-order valence-corrected chi connectivity index (χ3v) is 5.89. The molecular formula is C23H27N6NaO4S. The summed E-state index contributed by atoms with van der Waals surface area (Å²) in [6, 6.07) is 15.4. The fourth-order valence-electron chi connectivity index (χ4n) is 4.20. The normalized spacial score (nSPS) is 17.5. The molecule has 2 aromatic carbocycles. The standard InChI is InChI=1S/C23H28N6O4S.Na/c1-2-32-21-9-16(10-22(30)31)13-28(14-21)18-6-4-8-20(12-18)33-15-24-17-5-3-7-19(11-17)29-23(34)25-26-27-29;/h3-8,11-12,16,21,24H,2,9-10,13-15H2,1H3,(H,30,31)(H,25,27,34);/q;+1/p-1. The zero-order valence-corrected chi connectivity index (χ0v) is 22.7. The maximum Gasteiger partial charge on any atom is 1.00 e. The number of nitrogens with one attached hydrogen (secondary N) is 2. The van der Waals surface area contributed by atoms with Gasteiger partial charge in [0.2, 0.25) is 4.77 Å². The third-order valence-electron chi connectivity index (χ3n) is 5.63. The number of hydrogen-bond acceptors (Lipinski definition) is 9. The molecule has 0 aliphatic carbocycles. The van der Waals surface area contributed by atoms with Crippen LogP contribution in [0.15, 0.2) is 48.5 Å². The number of aliphatic carboxylic acids is 1. The van der Waals surface area contributed by atoms with E-state index in [-0.39, 0.29) is 54.7 Å². The van der Waals surface area contributed by atoms with Gasteiger partial charge in [-0.3, -0.25) is 0 Å². The van der Waals surface area contributed by atoms with Crippen LogP contribution in [0.4, 0.5) is 11.4 Å². The van der Waals surface area contributed by atoms with Crippen molar-refractivity contribution in [3.8, 4) is 11.4 Å². The minimum absolute atomic E-state index is 0. The molecule has 2 heterocycles. The molecule has 180 valence electrons. The fraction of sp³-hybridized carbons (Fsp3) is 0.391. The van der Waals surface area contributed by atoms with Gasteiger partial charge in [-0.05, 0) is 68.2 Å². The summed E-state index contributed by atoms with van der Waals surface area (Å²) in [6.45, 7) is 4.14. The summed E-state index contributed by atoms with van der Waals surface area (Å²) in [6.07, 6.45) is 0.733. The number of ether oxygens (including phenoxy) is 2. The molecule has 2 atom stereocenters. The number of aromatic amines is 1. The molecule has 1 aromatic heterocycles. The van der Waals surface area contributed by atoms with Crippen molar-refractivity contribution in [3.63, 3.8) is 0 Å². The predicted octanol–water partition coefficient (Wildman–Crippen LogP) is -0.851. The van der Waals surface area contributed by atoms with E-state index in [2.05, 4.69) is 25.7 Å². The summed E-state index contributed by atoms with van der Waals surface area (Å²) in [7, 11) is 0. The first-order chi connectivity index (χ1) is 16.5. The van der Waals surface area contributed by atoms with Crippen molar-refractivity contribution in [2.75, 3.05) is 36.6 Å². The average Bonchev–Trinajstić information content (AvgIpc) is 3.25. The molecule has 3 aromatic rings. The first-order valence-corrected chi connectivity index (χ1v) is 11.6. The Balaban J connectivity index is 0.00000342. The Morgan fingerprint density at radius 3 is 2.77 bits per heavy atom. The third kappa shape index (κ3) is 7.52. The molecule has 1 aliphatic heterocycles.